The van der Waals surface area contributed by atoms with E-state index in [0.717, 1.165) is 128 Å². The molecule has 1 unspecified atom stereocenters. The highest BCUT2D eigenvalue weighted by Gasteiger charge is 2.19. The summed E-state index contributed by atoms with van der Waals surface area (Å²) in [5.41, 5.74) is 0. The van der Waals surface area contributed by atoms with Gasteiger partial charge in [0.1, 0.15) is 13.2 Å². The Balaban J connectivity index is 4.39. The maximum absolute atomic E-state index is 12.8. The predicted octanol–water partition coefficient (Wildman–Crippen LogP) is 16.8. The van der Waals surface area contributed by atoms with Crippen molar-refractivity contribution < 1.29 is 28.6 Å². The molecule has 0 bridgehead atoms. The predicted molar refractivity (Wildman–Crippen MR) is 265 cm³/mol. The maximum Gasteiger partial charge on any atom is 0.306 e. The summed E-state index contributed by atoms with van der Waals surface area (Å²) in [6.45, 7) is 6.33. The van der Waals surface area contributed by atoms with Crippen molar-refractivity contribution in [2.45, 2.75) is 239 Å². The first-order valence-corrected chi connectivity index (χ1v) is 25.6. The third-order valence-electron chi connectivity index (χ3n) is 10.6. The number of hydrogen-bond acceptors (Lipinski definition) is 6. The van der Waals surface area contributed by atoms with Gasteiger partial charge in [-0.2, -0.15) is 0 Å². The number of carbonyl (C=O) groups is 3. The second-order valence-corrected chi connectivity index (χ2v) is 16.7. The fourth-order valence-electron chi connectivity index (χ4n) is 6.83. The second kappa shape index (κ2) is 50.2. The van der Waals surface area contributed by atoms with Gasteiger partial charge in [-0.25, -0.2) is 0 Å². The fourth-order valence-corrected chi connectivity index (χ4v) is 6.83. The Bertz CT molecular complexity index is 1220. The van der Waals surface area contributed by atoms with Crippen LogP contribution in [0, 0.1) is 0 Å². The van der Waals surface area contributed by atoms with E-state index >= 15 is 0 Å². The number of ether oxygens (including phenoxy) is 3. The van der Waals surface area contributed by atoms with Gasteiger partial charge in [-0.15, -0.1) is 0 Å². The summed E-state index contributed by atoms with van der Waals surface area (Å²) in [6.07, 6.45) is 64.2. The summed E-state index contributed by atoms with van der Waals surface area (Å²) in [6, 6.07) is 0. The van der Waals surface area contributed by atoms with E-state index in [1.165, 1.54) is 64.2 Å². The van der Waals surface area contributed by atoms with Crippen molar-refractivity contribution >= 4 is 17.9 Å². The van der Waals surface area contributed by atoms with Crippen LogP contribution < -0.4 is 0 Å². The largest absolute Gasteiger partial charge is 0.462 e. The van der Waals surface area contributed by atoms with Gasteiger partial charge in [0.2, 0.25) is 0 Å². The van der Waals surface area contributed by atoms with E-state index in [2.05, 4.69) is 106 Å². The van der Waals surface area contributed by atoms with Crippen LogP contribution in [-0.4, -0.2) is 37.2 Å². The molecule has 62 heavy (non-hydrogen) atoms. The van der Waals surface area contributed by atoms with Crippen molar-refractivity contribution in [2.75, 3.05) is 13.2 Å². The number of unbranched alkanes of at least 4 members (excludes halogenated alkanes) is 20. The highest BCUT2D eigenvalue weighted by molar-refractivity contribution is 5.71. The molecule has 0 N–H and O–H groups in total. The molecule has 0 aromatic heterocycles. The van der Waals surface area contributed by atoms with Crippen LogP contribution in [-0.2, 0) is 28.6 Å². The van der Waals surface area contributed by atoms with Crippen molar-refractivity contribution in [3.63, 3.8) is 0 Å². The van der Waals surface area contributed by atoms with Crippen LogP contribution in [0.3, 0.4) is 0 Å². The average Bonchev–Trinajstić information content (AvgIpc) is 3.27. The molecular formula is C56H94O6. The average molecular weight is 863 g/mol. The monoisotopic (exact) mass is 863 g/mol. The standard InChI is InChI=1S/C56H94O6/c1-4-7-10-13-16-19-22-24-26-28-30-32-34-37-40-43-46-49-55(58)61-52-53(51-60-54(57)48-45-42-39-36-21-18-15-12-9-6-3)62-56(59)50-47-44-41-38-35-33-31-29-27-25-23-20-17-14-11-8-5-2/h7-8,10-12,15-17,19-20,24-27,53H,4-6,9,13-14,18,21-23,28-52H2,1-3H3/b10-7-,11-8-,15-12-,19-16-,20-17-,26-24-,27-25-. The Morgan fingerprint density at radius 2 is 0.629 bits per heavy atom. The van der Waals surface area contributed by atoms with Crippen molar-refractivity contribution in [2.24, 2.45) is 0 Å². The molecule has 0 aromatic carbocycles. The van der Waals surface area contributed by atoms with Crippen LogP contribution in [0.4, 0.5) is 0 Å². The number of esters is 3. The van der Waals surface area contributed by atoms with E-state index in [0.29, 0.717) is 19.3 Å². The molecule has 6 nitrogen and oxygen atoms in total. The number of rotatable bonds is 45. The lowest BCUT2D eigenvalue weighted by atomic mass is 10.1. The molecule has 0 saturated carbocycles. The van der Waals surface area contributed by atoms with E-state index in [-0.39, 0.29) is 31.1 Å². The van der Waals surface area contributed by atoms with Gasteiger partial charge in [0.25, 0.3) is 0 Å². The van der Waals surface area contributed by atoms with Crippen LogP contribution in [0.15, 0.2) is 85.1 Å². The zero-order valence-corrected chi connectivity index (χ0v) is 40.4. The third-order valence-corrected chi connectivity index (χ3v) is 10.6. The Morgan fingerprint density at radius 3 is 1.00 bits per heavy atom. The molecule has 0 aliphatic rings. The van der Waals surface area contributed by atoms with Gasteiger partial charge in [0.15, 0.2) is 6.10 Å². The second-order valence-electron chi connectivity index (χ2n) is 16.7. The molecular weight excluding hydrogens is 769 g/mol. The molecule has 354 valence electrons. The van der Waals surface area contributed by atoms with Crippen molar-refractivity contribution in [3.8, 4) is 0 Å². The molecule has 0 amide bonds. The molecule has 0 saturated heterocycles. The van der Waals surface area contributed by atoms with E-state index in [1.807, 2.05) is 0 Å². The van der Waals surface area contributed by atoms with Crippen molar-refractivity contribution in [1.29, 1.82) is 0 Å². The van der Waals surface area contributed by atoms with Gasteiger partial charge in [-0.1, -0.05) is 196 Å². The molecule has 0 radical (unpaired) electrons. The first kappa shape index (κ1) is 58.6. The minimum atomic E-state index is -0.788. The highest BCUT2D eigenvalue weighted by atomic mass is 16.6. The van der Waals surface area contributed by atoms with Crippen molar-refractivity contribution in [3.05, 3.63) is 85.1 Å². The Kier molecular flexibility index (Phi) is 47.5. The molecule has 0 fully saturated rings. The van der Waals surface area contributed by atoms with Gasteiger partial charge in [-0.3, -0.25) is 14.4 Å². The van der Waals surface area contributed by atoms with Crippen LogP contribution in [0.1, 0.15) is 233 Å². The summed E-state index contributed by atoms with van der Waals surface area (Å²) < 4.78 is 16.8. The fraction of sp³-hybridized carbons (Fsp3) is 0.696. The Labute approximate surface area is 382 Å². The van der Waals surface area contributed by atoms with Crippen LogP contribution in [0.5, 0.6) is 0 Å². The van der Waals surface area contributed by atoms with Gasteiger partial charge in [-0.05, 0) is 103 Å². The number of allylic oxidation sites excluding steroid dienone is 14. The quantitative estimate of drug-likeness (QED) is 0.0263. The molecule has 0 aliphatic carbocycles. The first-order chi connectivity index (χ1) is 30.5. The molecule has 0 spiro atoms. The molecule has 0 rings (SSSR count). The summed E-state index contributed by atoms with van der Waals surface area (Å²) in [7, 11) is 0. The zero-order chi connectivity index (χ0) is 45.1. The lowest BCUT2D eigenvalue weighted by Gasteiger charge is -2.18. The van der Waals surface area contributed by atoms with Crippen molar-refractivity contribution in [1.82, 2.24) is 0 Å². The minimum Gasteiger partial charge on any atom is -0.462 e. The van der Waals surface area contributed by atoms with E-state index in [9.17, 15) is 14.4 Å². The van der Waals surface area contributed by atoms with E-state index in [1.54, 1.807) is 0 Å². The van der Waals surface area contributed by atoms with Gasteiger partial charge >= 0.3 is 17.9 Å². The van der Waals surface area contributed by atoms with Gasteiger partial charge in [0, 0.05) is 19.3 Å². The van der Waals surface area contributed by atoms with E-state index in [4.69, 9.17) is 14.2 Å². The lowest BCUT2D eigenvalue weighted by molar-refractivity contribution is -0.167. The molecule has 6 heteroatoms. The summed E-state index contributed by atoms with van der Waals surface area (Å²) >= 11 is 0. The topological polar surface area (TPSA) is 78.9 Å². The molecule has 0 aliphatic heterocycles. The number of carbonyl (C=O) groups excluding carboxylic acids is 3. The molecule has 0 heterocycles. The third kappa shape index (κ3) is 47.6. The van der Waals surface area contributed by atoms with E-state index < -0.39 is 6.10 Å². The SMILES string of the molecule is CC/C=C\C/C=C\C/C=C\CCCCCCCCCC(=O)OCC(COC(=O)CCCCCCC/C=C\CCC)OC(=O)CCCCCCCCC/C=C\C/C=C\C/C=C\CC. The summed E-state index contributed by atoms with van der Waals surface area (Å²) in [5, 5.41) is 0. The Morgan fingerprint density at radius 1 is 0.339 bits per heavy atom. The first-order valence-electron chi connectivity index (χ1n) is 25.6. The number of hydrogen-bond donors (Lipinski definition) is 0. The Hall–Kier alpha value is -3.41. The smallest absolute Gasteiger partial charge is 0.306 e. The van der Waals surface area contributed by atoms with Crippen LogP contribution in [0.25, 0.3) is 0 Å². The lowest BCUT2D eigenvalue weighted by Crippen LogP contribution is -2.30. The summed E-state index contributed by atoms with van der Waals surface area (Å²) in [5.74, 6) is -0.920. The summed E-state index contributed by atoms with van der Waals surface area (Å²) in [4.78, 5) is 37.9. The van der Waals surface area contributed by atoms with Crippen LogP contribution >= 0.6 is 0 Å². The van der Waals surface area contributed by atoms with Gasteiger partial charge in [0.05, 0.1) is 0 Å². The van der Waals surface area contributed by atoms with Gasteiger partial charge < -0.3 is 14.2 Å². The van der Waals surface area contributed by atoms with Crippen LogP contribution in [0.2, 0.25) is 0 Å². The minimum absolute atomic E-state index is 0.0890. The molecule has 0 aromatic rings. The highest BCUT2D eigenvalue weighted by Crippen LogP contribution is 2.14. The normalized spacial score (nSPS) is 12.8. The molecule has 1 atom stereocenters. The maximum atomic E-state index is 12.8. The zero-order valence-electron chi connectivity index (χ0n) is 40.4.